The number of carbonyl (C=O) groups is 1. The first-order chi connectivity index (χ1) is 9.97. The minimum atomic E-state index is -0.157. The van der Waals surface area contributed by atoms with Gasteiger partial charge in [-0.15, -0.1) is 0 Å². The lowest BCUT2D eigenvalue weighted by atomic mass is 10.1. The van der Waals surface area contributed by atoms with Crippen molar-refractivity contribution in [3.63, 3.8) is 0 Å². The average Bonchev–Trinajstić information content (AvgIpc) is 2.42. The fourth-order valence-electron chi connectivity index (χ4n) is 2.13. The molecule has 0 aliphatic heterocycles. The first-order valence-electron chi connectivity index (χ1n) is 7.53. The molecule has 0 spiro atoms. The van der Waals surface area contributed by atoms with E-state index in [1.165, 1.54) is 5.69 Å². The molecule has 1 rings (SSSR count). The molecule has 118 valence electrons. The number of nitrogens with one attached hydrogen (secondary N) is 2. The summed E-state index contributed by atoms with van der Waals surface area (Å²) in [4.78, 5) is 16.1. The second-order valence-electron chi connectivity index (χ2n) is 5.36. The van der Waals surface area contributed by atoms with Gasteiger partial charge in [0, 0.05) is 37.6 Å². The van der Waals surface area contributed by atoms with E-state index in [1.54, 1.807) is 0 Å². The summed E-state index contributed by atoms with van der Waals surface area (Å²) in [6.45, 7) is 9.72. The molecule has 2 amide bonds. The second-order valence-corrected chi connectivity index (χ2v) is 5.36. The van der Waals surface area contributed by atoms with Gasteiger partial charge in [-0.3, -0.25) is 0 Å². The molecule has 21 heavy (non-hydrogen) atoms. The SMILES string of the molecule is CCN(CC)c1ccc(NC(=O)NCCN(C)C)c(C)c1. The molecule has 0 saturated heterocycles. The van der Waals surface area contributed by atoms with Crippen molar-refractivity contribution in [2.75, 3.05) is 50.5 Å². The van der Waals surface area contributed by atoms with Crippen molar-refractivity contribution in [1.82, 2.24) is 10.2 Å². The van der Waals surface area contributed by atoms with Crippen molar-refractivity contribution in [3.05, 3.63) is 23.8 Å². The maximum atomic E-state index is 11.8. The van der Waals surface area contributed by atoms with E-state index < -0.39 is 0 Å². The van der Waals surface area contributed by atoms with Gasteiger partial charge in [-0.25, -0.2) is 4.79 Å². The number of benzene rings is 1. The van der Waals surface area contributed by atoms with Crippen LogP contribution in [0.2, 0.25) is 0 Å². The van der Waals surface area contributed by atoms with Crippen molar-refractivity contribution in [2.24, 2.45) is 0 Å². The minimum Gasteiger partial charge on any atom is -0.372 e. The van der Waals surface area contributed by atoms with Crippen LogP contribution < -0.4 is 15.5 Å². The number of hydrogen-bond donors (Lipinski definition) is 2. The summed E-state index contributed by atoms with van der Waals surface area (Å²) in [5.74, 6) is 0. The molecule has 0 aromatic heterocycles. The fourth-order valence-corrected chi connectivity index (χ4v) is 2.13. The zero-order valence-electron chi connectivity index (χ0n) is 13.9. The number of rotatable bonds is 7. The number of carbonyl (C=O) groups excluding carboxylic acids is 1. The summed E-state index contributed by atoms with van der Waals surface area (Å²) < 4.78 is 0. The van der Waals surface area contributed by atoms with Gasteiger partial charge in [0.15, 0.2) is 0 Å². The Bertz CT molecular complexity index is 456. The van der Waals surface area contributed by atoms with Crippen LogP contribution in [0.4, 0.5) is 16.2 Å². The van der Waals surface area contributed by atoms with Gasteiger partial charge in [0.05, 0.1) is 0 Å². The monoisotopic (exact) mass is 292 g/mol. The topological polar surface area (TPSA) is 47.6 Å². The highest BCUT2D eigenvalue weighted by Gasteiger charge is 2.07. The molecule has 5 nitrogen and oxygen atoms in total. The van der Waals surface area contributed by atoms with Crippen LogP contribution in [0.3, 0.4) is 0 Å². The van der Waals surface area contributed by atoms with Gasteiger partial charge in [-0.1, -0.05) is 0 Å². The van der Waals surface area contributed by atoms with E-state index in [0.717, 1.165) is 30.9 Å². The van der Waals surface area contributed by atoms with Crippen LogP contribution in [0, 0.1) is 6.92 Å². The van der Waals surface area contributed by atoms with Gasteiger partial charge in [0.2, 0.25) is 0 Å². The van der Waals surface area contributed by atoms with Crippen LogP contribution in [0.15, 0.2) is 18.2 Å². The molecule has 1 aromatic rings. The van der Waals surface area contributed by atoms with E-state index in [2.05, 4.69) is 41.5 Å². The van der Waals surface area contributed by atoms with E-state index in [0.29, 0.717) is 6.54 Å². The highest BCUT2D eigenvalue weighted by atomic mass is 16.2. The van der Waals surface area contributed by atoms with Crippen molar-refractivity contribution in [2.45, 2.75) is 20.8 Å². The summed E-state index contributed by atoms with van der Waals surface area (Å²) in [6.07, 6.45) is 0. The first-order valence-corrected chi connectivity index (χ1v) is 7.53. The Labute approximate surface area is 128 Å². The minimum absolute atomic E-state index is 0.157. The van der Waals surface area contributed by atoms with Gasteiger partial charge in [-0.05, 0) is 58.6 Å². The zero-order valence-corrected chi connectivity index (χ0v) is 13.9. The summed E-state index contributed by atoms with van der Waals surface area (Å²) >= 11 is 0. The van der Waals surface area contributed by atoms with E-state index >= 15 is 0 Å². The Balaban J connectivity index is 2.62. The van der Waals surface area contributed by atoms with E-state index in [-0.39, 0.29) is 6.03 Å². The molecule has 1 aromatic carbocycles. The lowest BCUT2D eigenvalue weighted by molar-refractivity contribution is 0.250. The zero-order chi connectivity index (χ0) is 15.8. The molecule has 2 N–H and O–H groups in total. The maximum absolute atomic E-state index is 11.8. The maximum Gasteiger partial charge on any atom is 0.319 e. The number of nitrogens with zero attached hydrogens (tertiary/aromatic N) is 2. The molecule has 0 unspecified atom stereocenters. The standard InChI is InChI=1S/C16H28N4O/c1-6-20(7-2)14-8-9-15(13(3)12-14)18-16(21)17-10-11-19(4)5/h8-9,12H,6-7,10-11H2,1-5H3,(H2,17,18,21). The quantitative estimate of drug-likeness (QED) is 0.812. The number of hydrogen-bond acceptors (Lipinski definition) is 3. The molecule has 0 heterocycles. The lowest BCUT2D eigenvalue weighted by Crippen LogP contribution is -2.34. The summed E-state index contributed by atoms with van der Waals surface area (Å²) in [7, 11) is 3.96. The van der Waals surface area contributed by atoms with Crippen LogP contribution in [0.1, 0.15) is 19.4 Å². The van der Waals surface area contributed by atoms with E-state index in [9.17, 15) is 4.79 Å². The van der Waals surface area contributed by atoms with E-state index in [4.69, 9.17) is 0 Å². The number of anilines is 2. The predicted octanol–water partition coefficient (Wildman–Crippen LogP) is 2.52. The Hall–Kier alpha value is -1.75. The number of urea groups is 1. The molecule has 0 radical (unpaired) electrons. The van der Waals surface area contributed by atoms with Crippen molar-refractivity contribution in [3.8, 4) is 0 Å². The van der Waals surface area contributed by atoms with Crippen LogP contribution in [-0.4, -0.2) is 51.2 Å². The van der Waals surface area contributed by atoms with Crippen molar-refractivity contribution < 1.29 is 4.79 Å². The third-order valence-electron chi connectivity index (χ3n) is 3.43. The Morgan fingerprint density at radius 3 is 2.38 bits per heavy atom. The molecule has 0 bridgehead atoms. The Kier molecular flexibility index (Phi) is 7.02. The van der Waals surface area contributed by atoms with Crippen LogP contribution in [0.25, 0.3) is 0 Å². The van der Waals surface area contributed by atoms with Crippen LogP contribution >= 0.6 is 0 Å². The number of amides is 2. The lowest BCUT2D eigenvalue weighted by Gasteiger charge is -2.22. The largest absolute Gasteiger partial charge is 0.372 e. The number of likely N-dealkylation sites (N-methyl/N-ethyl adjacent to an activating group) is 1. The summed E-state index contributed by atoms with van der Waals surface area (Å²) in [5.41, 5.74) is 3.12. The van der Waals surface area contributed by atoms with Crippen LogP contribution in [0.5, 0.6) is 0 Å². The Morgan fingerprint density at radius 1 is 1.19 bits per heavy atom. The highest BCUT2D eigenvalue weighted by Crippen LogP contribution is 2.22. The molecule has 5 heteroatoms. The van der Waals surface area contributed by atoms with Gasteiger partial charge in [0.25, 0.3) is 0 Å². The molecule has 0 atom stereocenters. The molecule has 0 saturated carbocycles. The van der Waals surface area contributed by atoms with Gasteiger partial charge < -0.3 is 20.4 Å². The van der Waals surface area contributed by atoms with Gasteiger partial charge >= 0.3 is 6.03 Å². The smallest absolute Gasteiger partial charge is 0.319 e. The number of aryl methyl sites for hydroxylation is 1. The van der Waals surface area contributed by atoms with Crippen LogP contribution in [-0.2, 0) is 0 Å². The molecule has 0 aliphatic carbocycles. The third-order valence-corrected chi connectivity index (χ3v) is 3.43. The first kappa shape index (κ1) is 17.3. The van der Waals surface area contributed by atoms with Gasteiger partial charge in [0.1, 0.15) is 0 Å². The predicted molar refractivity (Wildman–Crippen MR) is 90.3 cm³/mol. The third kappa shape index (κ3) is 5.63. The molecular weight excluding hydrogens is 264 g/mol. The van der Waals surface area contributed by atoms with E-state index in [1.807, 2.05) is 32.0 Å². The summed E-state index contributed by atoms with van der Waals surface area (Å²) in [6, 6.07) is 5.97. The molecular formula is C16H28N4O. The van der Waals surface area contributed by atoms with Crippen molar-refractivity contribution in [1.29, 1.82) is 0 Å². The summed E-state index contributed by atoms with van der Waals surface area (Å²) in [5, 5.41) is 5.75. The molecule has 0 aliphatic rings. The molecule has 0 fully saturated rings. The second kappa shape index (κ2) is 8.52. The fraction of sp³-hybridized carbons (Fsp3) is 0.562. The Morgan fingerprint density at radius 2 is 1.86 bits per heavy atom. The highest BCUT2D eigenvalue weighted by molar-refractivity contribution is 5.90. The average molecular weight is 292 g/mol. The van der Waals surface area contributed by atoms with Crippen molar-refractivity contribution >= 4 is 17.4 Å². The normalized spacial score (nSPS) is 10.6. The van der Waals surface area contributed by atoms with Gasteiger partial charge in [-0.2, -0.15) is 0 Å².